The van der Waals surface area contributed by atoms with Gasteiger partial charge in [0.05, 0.1) is 17.6 Å². The summed E-state index contributed by atoms with van der Waals surface area (Å²) in [5.74, 6) is -0.392. The third kappa shape index (κ3) is 3.59. The van der Waals surface area contributed by atoms with Crippen LogP contribution in [-0.4, -0.2) is 32.1 Å². The maximum atomic E-state index is 12.3. The Balaban J connectivity index is 1.77. The number of hydrogen-bond donors (Lipinski definition) is 1. The van der Waals surface area contributed by atoms with Gasteiger partial charge in [-0.2, -0.15) is 0 Å². The zero-order chi connectivity index (χ0) is 17.3. The highest BCUT2D eigenvalue weighted by atomic mass is 32.2. The number of amides is 1. The number of rotatable bonds is 5. The number of hydrogen-bond acceptors (Lipinski definition) is 5. The van der Waals surface area contributed by atoms with Crippen LogP contribution in [0.25, 0.3) is 0 Å². The Kier molecular flexibility index (Phi) is 4.60. The molecule has 0 aliphatic heterocycles. The molecule has 2 aromatic rings. The van der Waals surface area contributed by atoms with Crippen LogP contribution in [-0.2, 0) is 27.7 Å². The number of aryl methyl sites for hydroxylation is 3. The third-order valence-electron chi connectivity index (χ3n) is 3.91. The molecule has 1 aromatic carbocycles. The fourth-order valence-corrected chi connectivity index (χ4v) is 4.74. The number of carbonyl (C=O) groups excluding carboxylic acids is 1. The van der Waals surface area contributed by atoms with Crippen LogP contribution in [0.4, 0.5) is 10.8 Å². The molecule has 1 N–H and O–H groups in total. The number of fused-ring (bicyclic) bond motifs is 1. The Morgan fingerprint density at radius 3 is 2.75 bits per heavy atom. The summed E-state index contributed by atoms with van der Waals surface area (Å²) in [6.07, 6.45) is 4.16. The minimum Gasteiger partial charge on any atom is -0.300 e. The van der Waals surface area contributed by atoms with Crippen molar-refractivity contribution in [3.8, 4) is 0 Å². The van der Waals surface area contributed by atoms with Gasteiger partial charge in [-0.3, -0.25) is 9.10 Å². The van der Waals surface area contributed by atoms with Gasteiger partial charge in [-0.1, -0.05) is 18.2 Å². The molecule has 24 heavy (non-hydrogen) atoms. The van der Waals surface area contributed by atoms with E-state index in [9.17, 15) is 13.2 Å². The fraction of sp³-hybridized carbons (Fsp3) is 0.375. The number of anilines is 2. The average molecular weight is 365 g/mol. The van der Waals surface area contributed by atoms with Gasteiger partial charge >= 0.3 is 0 Å². The van der Waals surface area contributed by atoms with Gasteiger partial charge in [-0.25, -0.2) is 13.4 Å². The molecule has 8 heteroatoms. The first kappa shape index (κ1) is 16.9. The summed E-state index contributed by atoms with van der Waals surface area (Å²) >= 11 is 1.47. The Labute approximate surface area is 145 Å². The maximum absolute atomic E-state index is 12.3. The van der Waals surface area contributed by atoms with Crippen LogP contribution in [0, 0.1) is 6.92 Å². The summed E-state index contributed by atoms with van der Waals surface area (Å²) in [5, 5.41) is 3.27. The van der Waals surface area contributed by atoms with Crippen molar-refractivity contribution in [1.29, 1.82) is 0 Å². The summed E-state index contributed by atoms with van der Waals surface area (Å²) < 4.78 is 25.4. The van der Waals surface area contributed by atoms with Gasteiger partial charge in [0.15, 0.2) is 5.13 Å². The van der Waals surface area contributed by atoms with E-state index in [4.69, 9.17) is 0 Å². The van der Waals surface area contributed by atoms with E-state index in [2.05, 4.69) is 10.3 Å². The van der Waals surface area contributed by atoms with Gasteiger partial charge in [-0.15, -0.1) is 11.3 Å². The smallest absolute Gasteiger partial charge is 0.246 e. The largest absolute Gasteiger partial charge is 0.300 e. The molecule has 1 amide bonds. The van der Waals surface area contributed by atoms with Gasteiger partial charge in [-0.05, 0) is 37.8 Å². The number of sulfonamides is 1. The lowest BCUT2D eigenvalue weighted by atomic mass is 10.2. The average Bonchev–Trinajstić information content (AvgIpc) is 3.05. The van der Waals surface area contributed by atoms with Crippen molar-refractivity contribution in [2.75, 3.05) is 22.4 Å². The molecule has 0 fully saturated rings. The Bertz CT molecular complexity index is 853. The number of aromatic nitrogens is 1. The van der Waals surface area contributed by atoms with Crippen molar-refractivity contribution in [3.63, 3.8) is 0 Å². The molecule has 1 aliphatic rings. The van der Waals surface area contributed by atoms with Crippen LogP contribution in [0.3, 0.4) is 0 Å². The predicted molar refractivity (Wildman–Crippen MR) is 96.1 cm³/mol. The molecule has 1 heterocycles. The number of para-hydroxylation sites is 1. The lowest BCUT2D eigenvalue weighted by Gasteiger charge is -2.23. The van der Waals surface area contributed by atoms with E-state index in [0.29, 0.717) is 10.8 Å². The second-order valence-electron chi connectivity index (χ2n) is 5.85. The van der Waals surface area contributed by atoms with Crippen LogP contribution >= 0.6 is 11.3 Å². The van der Waals surface area contributed by atoms with E-state index in [1.54, 1.807) is 12.1 Å². The van der Waals surface area contributed by atoms with Crippen LogP contribution in [0.5, 0.6) is 0 Å². The second kappa shape index (κ2) is 6.52. The number of carbonyl (C=O) groups is 1. The van der Waals surface area contributed by atoms with E-state index < -0.39 is 15.9 Å². The van der Waals surface area contributed by atoms with Gasteiger partial charge in [0.2, 0.25) is 15.9 Å². The Morgan fingerprint density at radius 1 is 1.33 bits per heavy atom. The highest BCUT2D eigenvalue weighted by molar-refractivity contribution is 7.92. The first-order chi connectivity index (χ1) is 11.3. The predicted octanol–water partition coefficient (Wildman–Crippen LogP) is 2.34. The fourth-order valence-electron chi connectivity index (χ4n) is 2.76. The van der Waals surface area contributed by atoms with Gasteiger partial charge in [0.25, 0.3) is 0 Å². The Morgan fingerprint density at radius 2 is 2.08 bits per heavy atom. The van der Waals surface area contributed by atoms with Crippen LogP contribution in [0.1, 0.15) is 22.6 Å². The molecule has 0 atom stereocenters. The number of nitrogens with one attached hydrogen (secondary N) is 1. The molecule has 1 aromatic heterocycles. The molecule has 0 saturated carbocycles. The molecule has 3 rings (SSSR count). The number of benzene rings is 1. The van der Waals surface area contributed by atoms with Gasteiger partial charge < -0.3 is 5.32 Å². The van der Waals surface area contributed by atoms with Crippen molar-refractivity contribution < 1.29 is 13.2 Å². The van der Waals surface area contributed by atoms with Crippen molar-refractivity contribution in [2.24, 2.45) is 0 Å². The van der Waals surface area contributed by atoms with Crippen LogP contribution in [0.15, 0.2) is 24.3 Å². The zero-order valence-electron chi connectivity index (χ0n) is 13.6. The molecule has 128 valence electrons. The summed E-state index contributed by atoms with van der Waals surface area (Å²) in [5.41, 5.74) is 2.36. The molecule has 0 radical (unpaired) electrons. The van der Waals surface area contributed by atoms with Crippen molar-refractivity contribution in [2.45, 2.75) is 26.2 Å². The van der Waals surface area contributed by atoms with Gasteiger partial charge in [0.1, 0.15) is 6.54 Å². The maximum Gasteiger partial charge on any atom is 0.246 e. The minimum absolute atomic E-state index is 0.270. The van der Waals surface area contributed by atoms with Crippen LogP contribution in [0.2, 0.25) is 0 Å². The van der Waals surface area contributed by atoms with E-state index in [1.165, 1.54) is 16.2 Å². The quantitative estimate of drug-likeness (QED) is 0.882. The third-order valence-corrected chi connectivity index (χ3v) is 6.11. The lowest BCUT2D eigenvalue weighted by molar-refractivity contribution is -0.114. The number of thiazole rings is 1. The first-order valence-corrected chi connectivity index (χ1v) is 10.3. The molecule has 6 nitrogen and oxygen atoms in total. The van der Waals surface area contributed by atoms with E-state index in [0.717, 1.165) is 41.1 Å². The van der Waals surface area contributed by atoms with E-state index >= 15 is 0 Å². The molecule has 0 spiro atoms. The van der Waals surface area contributed by atoms with Crippen LogP contribution < -0.4 is 9.62 Å². The summed E-state index contributed by atoms with van der Waals surface area (Å²) in [6, 6.07) is 7.10. The molecule has 0 bridgehead atoms. The summed E-state index contributed by atoms with van der Waals surface area (Å²) in [7, 11) is -3.57. The molecule has 1 aliphatic carbocycles. The molecular formula is C16H19N3O3S2. The second-order valence-corrected chi connectivity index (χ2v) is 8.84. The van der Waals surface area contributed by atoms with Crippen molar-refractivity contribution in [1.82, 2.24) is 4.98 Å². The van der Waals surface area contributed by atoms with E-state index in [-0.39, 0.29) is 6.54 Å². The highest BCUT2D eigenvalue weighted by Gasteiger charge is 2.23. The standard InChI is InChI=1S/C16H19N3O3S2/c1-11-6-3-4-8-13(11)19(24(2,21)22)10-15(20)18-16-17-12-7-5-9-14(12)23-16/h3-4,6,8H,5,7,9-10H2,1-2H3,(H,17,18,20). The SMILES string of the molecule is Cc1ccccc1N(CC(=O)Nc1nc2c(s1)CCC2)S(C)(=O)=O. The van der Waals surface area contributed by atoms with Crippen molar-refractivity contribution >= 4 is 38.1 Å². The van der Waals surface area contributed by atoms with Crippen molar-refractivity contribution in [3.05, 3.63) is 40.4 Å². The number of nitrogens with zero attached hydrogens (tertiary/aromatic N) is 2. The lowest BCUT2D eigenvalue weighted by Crippen LogP contribution is -2.37. The molecule has 0 saturated heterocycles. The topological polar surface area (TPSA) is 79.4 Å². The summed E-state index contributed by atoms with van der Waals surface area (Å²) in [4.78, 5) is 18.0. The molecular weight excluding hydrogens is 346 g/mol. The molecule has 0 unspecified atom stereocenters. The normalized spacial score (nSPS) is 13.6. The monoisotopic (exact) mass is 365 g/mol. The minimum atomic E-state index is -3.57. The Hall–Kier alpha value is -1.93. The highest BCUT2D eigenvalue weighted by Crippen LogP contribution is 2.30. The van der Waals surface area contributed by atoms with E-state index in [1.807, 2.05) is 19.1 Å². The first-order valence-electron chi connectivity index (χ1n) is 7.66. The van der Waals surface area contributed by atoms with Gasteiger partial charge in [0, 0.05) is 4.88 Å². The zero-order valence-corrected chi connectivity index (χ0v) is 15.2. The summed E-state index contributed by atoms with van der Waals surface area (Å²) in [6.45, 7) is 1.55.